The highest BCUT2D eigenvalue weighted by molar-refractivity contribution is 5.82. The molecule has 2 rings (SSSR count). The van der Waals surface area contributed by atoms with Gasteiger partial charge in [-0.15, -0.1) is 0 Å². The summed E-state index contributed by atoms with van der Waals surface area (Å²) in [5, 5.41) is 1.17. The molecule has 0 radical (unpaired) electrons. The van der Waals surface area contributed by atoms with E-state index in [9.17, 15) is 0 Å². The van der Waals surface area contributed by atoms with Crippen molar-refractivity contribution in [3.8, 4) is 0 Å². The standard InChI is InChI=1S/C14H19N3/c1-3-17(2)13(10-15)12-8-4-6-11-7-5-9-16-14(11)12/h4-9,13H,3,10,15H2,1-2H3. The van der Waals surface area contributed by atoms with E-state index in [1.165, 1.54) is 10.9 Å². The highest BCUT2D eigenvalue weighted by Crippen LogP contribution is 2.25. The topological polar surface area (TPSA) is 42.1 Å². The molecule has 0 aliphatic rings. The van der Waals surface area contributed by atoms with Gasteiger partial charge in [0, 0.05) is 24.2 Å². The Hall–Kier alpha value is -1.45. The summed E-state index contributed by atoms with van der Waals surface area (Å²) in [6.45, 7) is 3.73. The molecule has 1 atom stereocenters. The van der Waals surface area contributed by atoms with Gasteiger partial charge in [-0.2, -0.15) is 0 Å². The molecule has 2 aromatic rings. The number of aromatic nitrogens is 1. The number of pyridine rings is 1. The SMILES string of the molecule is CCN(C)C(CN)c1cccc2cccnc12. The fraction of sp³-hybridized carbons (Fsp3) is 0.357. The van der Waals surface area contributed by atoms with E-state index in [0.29, 0.717) is 6.54 Å². The minimum Gasteiger partial charge on any atom is -0.329 e. The van der Waals surface area contributed by atoms with Crippen LogP contribution in [0.2, 0.25) is 0 Å². The van der Waals surface area contributed by atoms with E-state index in [4.69, 9.17) is 5.73 Å². The van der Waals surface area contributed by atoms with Crippen molar-refractivity contribution < 1.29 is 0 Å². The van der Waals surface area contributed by atoms with E-state index in [2.05, 4.69) is 48.1 Å². The van der Waals surface area contributed by atoms with Crippen LogP contribution < -0.4 is 5.73 Å². The van der Waals surface area contributed by atoms with Gasteiger partial charge in [-0.3, -0.25) is 9.88 Å². The molecule has 0 bridgehead atoms. The minimum absolute atomic E-state index is 0.235. The van der Waals surface area contributed by atoms with Crippen LogP contribution >= 0.6 is 0 Å². The van der Waals surface area contributed by atoms with Gasteiger partial charge < -0.3 is 5.73 Å². The first-order chi connectivity index (χ1) is 8.27. The summed E-state index contributed by atoms with van der Waals surface area (Å²) >= 11 is 0. The Balaban J connectivity index is 2.53. The van der Waals surface area contributed by atoms with Crippen molar-refractivity contribution in [1.29, 1.82) is 0 Å². The third kappa shape index (κ3) is 2.30. The molecular formula is C14H19N3. The van der Waals surface area contributed by atoms with Gasteiger partial charge in [0.2, 0.25) is 0 Å². The van der Waals surface area contributed by atoms with E-state index in [0.717, 1.165) is 12.1 Å². The molecule has 90 valence electrons. The van der Waals surface area contributed by atoms with Crippen LogP contribution in [0.1, 0.15) is 18.5 Å². The molecule has 0 saturated heterocycles. The zero-order valence-electron chi connectivity index (χ0n) is 10.4. The van der Waals surface area contributed by atoms with Gasteiger partial charge in [-0.25, -0.2) is 0 Å². The van der Waals surface area contributed by atoms with Crippen molar-refractivity contribution in [3.05, 3.63) is 42.1 Å². The van der Waals surface area contributed by atoms with Gasteiger partial charge in [-0.1, -0.05) is 31.2 Å². The molecule has 3 heteroatoms. The molecule has 2 N–H and O–H groups in total. The Kier molecular flexibility index (Phi) is 3.71. The summed E-state index contributed by atoms with van der Waals surface area (Å²) in [6.07, 6.45) is 1.84. The second kappa shape index (κ2) is 5.25. The van der Waals surface area contributed by atoms with Gasteiger partial charge >= 0.3 is 0 Å². The molecule has 0 aliphatic heterocycles. The summed E-state index contributed by atoms with van der Waals surface area (Å²) in [6, 6.07) is 10.6. The average molecular weight is 229 g/mol. The monoisotopic (exact) mass is 229 g/mol. The number of nitrogens with zero attached hydrogens (tertiary/aromatic N) is 2. The smallest absolute Gasteiger partial charge is 0.0750 e. The van der Waals surface area contributed by atoms with Crippen LogP contribution in [0, 0.1) is 0 Å². The maximum absolute atomic E-state index is 5.90. The van der Waals surface area contributed by atoms with Crippen molar-refractivity contribution >= 4 is 10.9 Å². The van der Waals surface area contributed by atoms with Gasteiger partial charge in [0.25, 0.3) is 0 Å². The van der Waals surface area contributed by atoms with Gasteiger partial charge in [0.1, 0.15) is 0 Å². The molecule has 0 amide bonds. The van der Waals surface area contributed by atoms with E-state index in [-0.39, 0.29) is 6.04 Å². The molecule has 0 fully saturated rings. The molecule has 1 heterocycles. The molecule has 1 aromatic heterocycles. The predicted octanol–water partition coefficient (Wildman–Crippen LogP) is 2.19. The number of para-hydroxylation sites is 1. The Bertz CT molecular complexity index is 490. The lowest BCUT2D eigenvalue weighted by molar-refractivity contribution is 0.265. The molecule has 1 unspecified atom stereocenters. The maximum atomic E-state index is 5.90. The summed E-state index contributed by atoms with van der Waals surface area (Å²) in [7, 11) is 2.10. The van der Waals surface area contributed by atoms with Crippen LogP contribution in [0.5, 0.6) is 0 Å². The molecule has 3 nitrogen and oxygen atoms in total. The molecule has 1 aromatic carbocycles. The Morgan fingerprint density at radius 2 is 2.06 bits per heavy atom. The second-order valence-corrected chi connectivity index (χ2v) is 4.25. The lowest BCUT2D eigenvalue weighted by Gasteiger charge is -2.26. The third-order valence-electron chi connectivity index (χ3n) is 3.28. The molecule has 17 heavy (non-hydrogen) atoms. The second-order valence-electron chi connectivity index (χ2n) is 4.25. The van der Waals surface area contributed by atoms with Crippen molar-refractivity contribution in [2.24, 2.45) is 5.73 Å². The summed E-state index contributed by atoms with van der Waals surface area (Å²) < 4.78 is 0. The van der Waals surface area contributed by atoms with Crippen LogP contribution in [0.3, 0.4) is 0 Å². The number of likely N-dealkylation sites (N-methyl/N-ethyl adjacent to an activating group) is 1. The molecule has 0 saturated carbocycles. The van der Waals surface area contributed by atoms with Gasteiger partial charge in [0.05, 0.1) is 5.52 Å². The predicted molar refractivity (Wildman–Crippen MR) is 71.8 cm³/mol. The van der Waals surface area contributed by atoms with E-state index >= 15 is 0 Å². The zero-order valence-corrected chi connectivity index (χ0v) is 10.4. The Morgan fingerprint density at radius 1 is 1.29 bits per heavy atom. The van der Waals surface area contributed by atoms with Gasteiger partial charge in [-0.05, 0) is 25.2 Å². The first kappa shape index (κ1) is 12.0. The largest absolute Gasteiger partial charge is 0.329 e. The van der Waals surface area contributed by atoms with Crippen molar-refractivity contribution in [1.82, 2.24) is 9.88 Å². The number of nitrogens with two attached hydrogens (primary N) is 1. The number of hydrogen-bond donors (Lipinski definition) is 1. The number of benzene rings is 1. The van der Waals surface area contributed by atoms with Crippen LogP contribution in [-0.2, 0) is 0 Å². The Morgan fingerprint density at radius 3 is 2.76 bits per heavy atom. The fourth-order valence-electron chi connectivity index (χ4n) is 2.16. The quantitative estimate of drug-likeness (QED) is 0.873. The van der Waals surface area contributed by atoms with Crippen molar-refractivity contribution in [3.63, 3.8) is 0 Å². The fourth-order valence-corrected chi connectivity index (χ4v) is 2.16. The number of fused-ring (bicyclic) bond motifs is 1. The summed E-state index contributed by atoms with van der Waals surface area (Å²) in [5.41, 5.74) is 8.18. The van der Waals surface area contributed by atoms with Crippen LogP contribution in [-0.4, -0.2) is 30.0 Å². The average Bonchev–Trinajstić information content (AvgIpc) is 2.39. The minimum atomic E-state index is 0.235. The first-order valence-corrected chi connectivity index (χ1v) is 6.02. The third-order valence-corrected chi connectivity index (χ3v) is 3.28. The van der Waals surface area contributed by atoms with Gasteiger partial charge in [0.15, 0.2) is 0 Å². The number of rotatable bonds is 4. The summed E-state index contributed by atoms with van der Waals surface area (Å²) in [4.78, 5) is 6.74. The van der Waals surface area contributed by atoms with Crippen LogP contribution in [0.25, 0.3) is 10.9 Å². The molecular weight excluding hydrogens is 210 g/mol. The summed E-state index contributed by atoms with van der Waals surface area (Å²) in [5.74, 6) is 0. The number of hydrogen-bond acceptors (Lipinski definition) is 3. The zero-order chi connectivity index (χ0) is 12.3. The van der Waals surface area contributed by atoms with Crippen molar-refractivity contribution in [2.45, 2.75) is 13.0 Å². The maximum Gasteiger partial charge on any atom is 0.0750 e. The van der Waals surface area contributed by atoms with E-state index in [1.54, 1.807) is 0 Å². The normalized spacial score (nSPS) is 13.2. The Labute approximate surface area is 102 Å². The van der Waals surface area contributed by atoms with Crippen LogP contribution in [0.4, 0.5) is 0 Å². The lowest BCUT2D eigenvalue weighted by Crippen LogP contribution is -2.30. The molecule has 0 aliphatic carbocycles. The highest BCUT2D eigenvalue weighted by Gasteiger charge is 2.16. The highest BCUT2D eigenvalue weighted by atomic mass is 15.1. The van der Waals surface area contributed by atoms with Crippen LogP contribution in [0.15, 0.2) is 36.5 Å². The van der Waals surface area contributed by atoms with E-state index in [1.807, 2.05) is 12.3 Å². The van der Waals surface area contributed by atoms with E-state index < -0.39 is 0 Å². The lowest BCUT2D eigenvalue weighted by atomic mass is 10.0. The molecule has 0 spiro atoms. The first-order valence-electron chi connectivity index (χ1n) is 6.02. The van der Waals surface area contributed by atoms with Crippen molar-refractivity contribution in [2.75, 3.05) is 20.1 Å².